The molecule has 0 radical (unpaired) electrons. The van der Waals surface area contributed by atoms with Gasteiger partial charge in [-0.15, -0.1) is 0 Å². The summed E-state index contributed by atoms with van der Waals surface area (Å²) in [7, 11) is 0. The summed E-state index contributed by atoms with van der Waals surface area (Å²) >= 11 is 2.04. The minimum Gasteiger partial charge on any atom is -0.368 e. The van der Waals surface area contributed by atoms with Crippen molar-refractivity contribution in [1.29, 1.82) is 0 Å². The summed E-state index contributed by atoms with van der Waals surface area (Å²) in [6, 6.07) is 0. The lowest BCUT2D eigenvalue weighted by molar-refractivity contribution is -0.117. The van der Waals surface area contributed by atoms with Gasteiger partial charge in [0.25, 0.3) is 0 Å². The Kier molecular flexibility index (Phi) is 2.37. The van der Waals surface area contributed by atoms with Gasteiger partial charge in [0.15, 0.2) is 0 Å². The largest absolute Gasteiger partial charge is 0.368 e. The van der Waals surface area contributed by atoms with Crippen molar-refractivity contribution in [1.82, 2.24) is 5.32 Å². The molecule has 2 rings (SSSR count). The van der Waals surface area contributed by atoms with Gasteiger partial charge in [-0.25, -0.2) is 0 Å². The van der Waals surface area contributed by atoms with Crippen molar-refractivity contribution in [3.8, 4) is 0 Å². The third-order valence-corrected chi connectivity index (χ3v) is 4.50. The van der Waals surface area contributed by atoms with Gasteiger partial charge in [0.1, 0.15) is 0 Å². The van der Waals surface area contributed by atoms with Crippen molar-refractivity contribution in [2.24, 2.45) is 0 Å². The van der Waals surface area contributed by atoms with Gasteiger partial charge in [0, 0.05) is 17.8 Å². The number of ether oxygens (including phenoxy) is 1. The SMILES string of the molecule is CC1(OC2CCSC2(C)C)CNC1. The molecule has 2 aliphatic rings. The first kappa shape index (κ1) is 9.81. The molecule has 2 fully saturated rings. The molecule has 2 saturated heterocycles. The smallest absolute Gasteiger partial charge is 0.0906 e. The van der Waals surface area contributed by atoms with E-state index in [0.717, 1.165) is 13.1 Å². The molecule has 2 heterocycles. The van der Waals surface area contributed by atoms with Gasteiger partial charge in [0.05, 0.1) is 11.7 Å². The van der Waals surface area contributed by atoms with Crippen LogP contribution in [0.4, 0.5) is 0 Å². The molecule has 0 aromatic carbocycles. The van der Waals surface area contributed by atoms with Crippen LogP contribution in [0.2, 0.25) is 0 Å². The Morgan fingerprint density at radius 1 is 1.31 bits per heavy atom. The van der Waals surface area contributed by atoms with Crippen molar-refractivity contribution in [2.75, 3.05) is 18.8 Å². The molecular weight excluding hydrogens is 182 g/mol. The number of hydrogen-bond acceptors (Lipinski definition) is 3. The number of thioether (sulfide) groups is 1. The van der Waals surface area contributed by atoms with Crippen LogP contribution in [0.5, 0.6) is 0 Å². The van der Waals surface area contributed by atoms with Crippen molar-refractivity contribution in [3.05, 3.63) is 0 Å². The van der Waals surface area contributed by atoms with Crippen molar-refractivity contribution in [2.45, 2.75) is 43.6 Å². The summed E-state index contributed by atoms with van der Waals surface area (Å²) in [5, 5.41) is 3.27. The molecule has 1 unspecified atom stereocenters. The van der Waals surface area contributed by atoms with Gasteiger partial charge in [0.2, 0.25) is 0 Å². The van der Waals surface area contributed by atoms with E-state index in [1.165, 1.54) is 12.2 Å². The maximum absolute atomic E-state index is 6.17. The standard InChI is InChI=1S/C10H19NOS/c1-9(2)8(4-5-13-9)12-10(3)6-11-7-10/h8,11H,4-7H2,1-3H3. The summed E-state index contributed by atoms with van der Waals surface area (Å²) in [4.78, 5) is 0. The Morgan fingerprint density at radius 2 is 2.00 bits per heavy atom. The minimum absolute atomic E-state index is 0.118. The quantitative estimate of drug-likeness (QED) is 0.734. The van der Waals surface area contributed by atoms with Crippen LogP contribution in [-0.4, -0.2) is 35.3 Å². The molecule has 0 amide bonds. The molecule has 0 spiro atoms. The van der Waals surface area contributed by atoms with Gasteiger partial charge in [-0.05, 0) is 32.9 Å². The first-order valence-electron chi connectivity index (χ1n) is 5.04. The van der Waals surface area contributed by atoms with Crippen LogP contribution in [0.1, 0.15) is 27.2 Å². The Hall–Kier alpha value is 0.270. The zero-order valence-corrected chi connectivity index (χ0v) is 9.54. The van der Waals surface area contributed by atoms with Gasteiger partial charge in [-0.2, -0.15) is 11.8 Å². The average molecular weight is 201 g/mol. The minimum atomic E-state index is 0.118. The highest BCUT2D eigenvalue weighted by Crippen LogP contribution is 2.41. The monoisotopic (exact) mass is 201 g/mol. The molecule has 0 aliphatic carbocycles. The molecule has 3 heteroatoms. The lowest BCUT2D eigenvalue weighted by Gasteiger charge is -2.43. The van der Waals surface area contributed by atoms with E-state index < -0.39 is 0 Å². The van der Waals surface area contributed by atoms with E-state index in [0.29, 0.717) is 10.9 Å². The average Bonchev–Trinajstić information content (AvgIpc) is 2.28. The molecule has 76 valence electrons. The fourth-order valence-corrected chi connectivity index (χ4v) is 3.18. The molecular formula is C10H19NOS. The van der Waals surface area contributed by atoms with E-state index in [2.05, 4.69) is 26.1 Å². The van der Waals surface area contributed by atoms with Crippen LogP contribution < -0.4 is 5.32 Å². The summed E-state index contributed by atoms with van der Waals surface area (Å²) in [5.41, 5.74) is 0.118. The normalized spacial score (nSPS) is 35.8. The lowest BCUT2D eigenvalue weighted by Crippen LogP contribution is -2.61. The predicted octanol–water partition coefficient (Wildman–Crippen LogP) is 1.65. The van der Waals surface area contributed by atoms with Gasteiger partial charge in [-0.3, -0.25) is 0 Å². The fraction of sp³-hybridized carbons (Fsp3) is 1.00. The Bertz CT molecular complexity index is 201. The highest BCUT2D eigenvalue weighted by Gasteiger charge is 2.43. The second-order valence-corrected chi connectivity index (χ2v) is 6.65. The van der Waals surface area contributed by atoms with Gasteiger partial charge < -0.3 is 10.1 Å². The van der Waals surface area contributed by atoms with E-state index in [-0.39, 0.29) is 5.60 Å². The van der Waals surface area contributed by atoms with E-state index in [1.807, 2.05) is 11.8 Å². The molecule has 1 N–H and O–H groups in total. The van der Waals surface area contributed by atoms with E-state index in [9.17, 15) is 0 Å². The summed E-state index contributed by atoms with van der Waals surface area (Å²) < 4.78 is 6.48. The molecule has 0 saturated carbocycles. The van der Waals surface area contributed by atoms with E-state index >= 15 is 0 Å². The second-order valence-electron chi connectivity index (χ2n) is 4.90. The maximum atomic E-state index is 6.17. The first-order valence-corrected chi connectivity index (χ1v) is 6.03. The molecule has 1 atom stereocenters. The van der Waals surface area contributed by atoms with Crippen LogP contribution in [0, 0.1) is 0 Å². The molecule has 0 bridgehead atoms. The zero-order chi connectivity index (χ0) is 9.53. The molecule has 2 nitrogen and oxygen atoms in total. The zero-order valence-electron chi connectivity index (χ0n) is 8.72. The number of nitrogens with one attached hydrogen (secondary N) is 1. The van der Waals surface area contributed by atoms with Gasteiger partial charge in [-0.1, -0.05) is 0 Å². The topological polar surface area (TPSA) is 21.3 Å². The second kappa shape index (κ2) is 3.14. The Balaban J connectivity index is 1.94. The van der Waals surface area contributed by atoms with E-state index in [1.54, 1.807) is 0 Å². The van der Waals surface area contributed by atoms with Gasteiger partial charge >= 0.3 is 0 Å². The highest BCUT2D eigenvalue weighted by atomic mass is 32.2. The van der Waals surface area contributed by atoms with Crippen molar-refractivity contribution in [3.63, 3.8) is 0 Å². The Labute approximate surface area is 84.8 Å². The third-order valence-electron chi connectivity index (χ3n) is 3.05. The Morgan fingerprint density at radius 3 is 2.38 bits per heavy atom. The third kappa shape index (κ3) is 1.88. The number of hydrogen-bond donors (Lipinski definition) is 1. The lowest BCUT2D eigenvalue weighted by atomic mass is 9.97. The van der Waals surface area contributed by atoms with Crippen molar-refractivity contribution >= 4 is 11.8 Å². The van der Waals surface area contributed by atoms with Crippen LogP contribution in [0.3, 0.4) is 0 Å². The number of rotatable bonds is 2. The van der Waals surface area contributed by atoms with E-state index in [4.69, 9.17) is 4.74 Å². The maximum Gasteiger partial charge on any atom is 0.0906 e. The van der Waals surface area contributed by atoms with Crippen LogP contribution in [0.15, 0.2) is 0 Å². The molecule has 0 aromatic rings. The van der Waals surface area contributed by atoms with Crippen LogP contribution in [0.25, 0.3) is 0 Å². The van der Waals surface area contributed by atoms with Crippen LogP contribution >= 0.6 is 11.8 Å². The molecule has 2 aliphatic heterocycles. The first-order chi connectivity index (χ1) is 6.02. The summed E-state index contributed by atoms with van der Waals surface area (Å²) in [6.07, 6.45) is 1.66. The van der Waals surface area contributed by atoms with Crippen molar-refractivity contribution < 1.29 is 4.74 Å². The van der Waals surface area contributed by atoms with Crippen LogP contribution in [-0.2, 0) is 4.74 Å². The fourth-order valence-electron chi connectivity index (χ4n) is 1.97. The predicted molar refractivity (Wildman–Crippen MR) is 57.3 cm³/mol. The summed E-state index contributed by atoms with van der Waals surface area (Å²) in [6.45, 7) is 8.84. The highest BCUT2D eigenvalue weighted by molar-refractivity contribution is 8.00. The summed E-state index contributed by atoms with van der Waals surface area (Å²) in [5.74, 6) is 1.25. The molecule has 0 aromatic heterocycles. The molecule has 13 heavy (non-hydrogen) atoms.